The summed E-state index contributed by atoms with van der Waals surface area (Å²) < 4.78 is 15.0. The molecule has 0 amide bonds. The van der Waals surface area contributed by atoms with Gasteiger partial charge < -0.3 is 14.2 Å². The van der Waals surface area contributed by atoms with E-state index < -0.39 is 5.97 Å². The van der Waals surface area contributed by atoms with Crippen molar-refractivity contribution in [2.75, 3.05) is 14.2 Å². The molecule has 84 valence electrons. The Morgan fingerprint density at radius 1 is 1.25 bits per heavy atom. The molecule has 0 spiro atoms. The van der Waals surface area contributed by atoms with Gasteiger partial charge in [-0.3, -0.25) is 4.79 Å². The van der Waals surface area contributed by atoms with E-state index in [1.165, 1.54) is 33.3 Å². The van der Waals surface area contributed by atoms with Crippen LogP contribution in [0.25, 0.3) is 0 Å². The van der Waals surface area contributed by atoms with Gasteiger partial charge in [-0.25, -0.2) is 0 Å². The van der Waals surface area contributed by atoms with E-state index in [4.69, 9.17) is 19.5 Å². The second-order valence-electron chi connectivity index (χ2n) is 2.92. The van der Waals surface area contributed by atoms with Crippen molar-refractivity contribution in [3.8, 4) is 23.3 Å². The van der Waals surface area contributed by atoms with Crippen molar-refractivity contribution in [1.82, 2.24) is 0 Å². The lowest BCUT2D eigenvalue weighted by Gasteiger charge is -2.12. The van der Waals surface area contributed by atoms with E-state index in [1.807, 2.05) is 6.07 Å². The Morgan fingerprint density at radius 2 is 1.75 bits per heavy atom. The lowest BCUT2D eigenvalue weighted by Crippen LogP contribution is -2.05. The van der Waals surface area contributed by atoms with Gasteiger partial charge >= 0.3 is 5.97 Å². The molecule has 0 aliphatic carbocycles. The number of rotatable bonds is 3. The van der Waals surface area contributed by atoms with Crippen LogP contribution in [0.5, 0.6) is 17.2 Å². The van der Waals surface area contributed by atoms with Crippen molar-refractivity contribution in [3.63, 3.8) is 0 Å². The van der Waals surface area contributed by atoms with Crippen LogP contribution in [0.1, 0.15) is 12.5 Å². The summed E-state index contributed by atoms with van der Waals surface area (Å²) in [5.74, 6) is 0.259. The molecule has 0 aliphatic rings. The minimum absolute atomic E-state index is 0.177. The summed E-state index contributed by atoms with van der Waals surface area (Å²) in [6, 6.07) is 4.90. The van der Waals surface area contributed by atoms with Crippen molar-refractivity contribution >= 4 is 5.97 Å². The first-order chi connectivity index (χ1) is 7.62. The van der Waals surface area contributed by atoms with Crippen LogP contribution in [0.2, 0.25) is 0 Å². The number of carbonyl (C=O) groups is 1. The van der Waals surface area contributed by atoms with E-state index in [9.17, 15) is 4.79 Å². The van der Waals surface area contributed by atoms with Crippen molar-refractivity contribution in [2.45, 2.75) is 6.92 Å². The quantitative estimate of drug-likeness (QED) is 0.571. The number of methoxy groups -OCH3 is 2. The molecule has 1 aromatic rings. The zero-order chi connectivity index (χ0) is 12.1. The molecule has 0 saturated heterocycles. The third kappa shape index (κ3) is 2.42. The maximum Gasteiger partial charge on any atom is 0.308 e. The Labute approximate surface area is 93.2 Å². The Balaban J connectivity index is 3.32. The van der Waals surface area contributed by atoms with Gasteiger partial charge in [0.05, 0.1) is 25.9 Å². The van der Waals surface area contributed by atoms with Crippen molar-refractivity contribution in [1.29, 1.82) is 5.26 Å². The Morgan fingerprint density at radius 3 is 2.06 bits per heavy atom. The summed E-state index contributed by atoms with van der Waals surface area (Å²) in [6.07, 6.45) is 0. The first kappa shape index (κ1) is 11.9. The lowest BCUT2D eigenvalue weighted by atomic mass is 10.2. The first-order valence-corrected chi connectivity index (χ1v) is 4.47. The van der Waals surface area contributed by atoms with Gasteiger partial charge in [-0.05, 0) is 0 Å². The Bertz CT molecular complexity index is 423. The lowest BCUT2D eigenvalue weighted by molar-refractivity contribution is -0.132. The Hall–Kier alpha value is -2.22. The van der Waals surface area contributed by atoms with Crippen molar-refractivity contribution < 1.29 is 19.0 Å². The van der Waals surface area contributed by atoms with Crippen molar-refractivity contribution in [3.05, 3.63) is 17.7 Å². The van der Waals surface area contributed by atoms with Gasteiger partial charge in [0.15, 0.2) is 11.5 Å². The predicted octanol–water partition coefficient (Wildman–Crippen LogP) is 1.50. The number of carbonyl (C=O) groups excluding carboxylic acids is 1. The highest BCUT2D eigenvalue weighted by molar-refractivity contribution is 5.72. The van der Waals surface area contributed by atoms with Crippen LogP contribution in [0.3, 0.4) is 0 Å². The molecule has 0 heterocycles. The molecule has 0 aliphatic heterocycles. The van der Waals surface area contributed by atoms with E-state index in [2.05, 4.69) is 0 Å². The van der Waals surface area contributed by atoms with Gasteiger partial charge in [-0.1, -0.05) is 0 Å². The smallest absolute Gasteiger partial charge is 0.308 e. The van der Waals surface area contributed by atoms with E-state index >= 15 is 0 Å². The maximum atomic E-state index is 10.9. The summed E-state index contributed by atoms with van der Waals surface area (Å²) in [6.45, 7) is 1.27. The molecule has 0 N–H and O–H groups in total. The van der Waals surface area contributed by atoms with E-state index in [0.29, 0.717) is 5.56 Å². The normalized spacial score (nSPS) is 9.12. The highest BCUT2D eigenvalue weighted by Crippen LogP contribution is 2.38. The number of nitrogens with zero attached hydrogens (tertiary/aromatic N) is 1. The fourth-order valence-electron chi connectivity index (χ4n) is 1.19. The van der Waals surface area contributed by atoms with E-state index in [1.54, 1.807) is 0 Å². The standard InChI is InChI=1S/C11H11NO4/c1-7(13)16-11-9(14-2)4-8(6-12)5-10(11)15-3/h4-5H,1-3H3. The van der Waals surface area contributed by atoms with Crippen LogP contribution in [-0.4, -0.2) is 20.2 Å². The Kier molecular flexibility index (Phi) is 3.72. The molecule has 1 aromatic carbocycles. The number of hydrogen-bond acceptors (Lipinski definition) is 5. The summed E-state index contributed by atoms with van der Waals surface area (Å²) >= 11 is 0. The minimum atomic E-state index is -0.485. The minimum Gasteiger partial charge on any atom is -0.493 e. The van der Waals surface area contributed by atoms with E-state index in [-0.39, 0.29) is 17.2 Å². The van der Waals surface area contributed by atoms with Gasteiger partial charge in [0.1, 0.15) is 0 Å². The van der Waals surface area contributed by atoms with Crippen LogP contribution in [0.4, 0.5) is 0 Å². The fraction of sp³-hybridized carbons (Fsp3) is 0.273. The SMILES string of the molecule is COc1cc(C#N)cc(OC)c1OC(C)=O. The predicted molar refractivity (Wildman–Crippen MR) is 55.6 cm³/mol. The van der Waals surface area contributed by atoms with Gasteiger partial charge in [0.2, 0.25) is 5.75 Å². The first-order valence-electron chi connectivity index (χ1n) is 4.47. The largest absolute Gasteiger partial charge is 0.493 e. The zero-order valence-electron chi connectivity index (χ0n) is 9.23. The van der Waals surface area contributed by atoms with Crippen LogP contribution < -0.4 is 14.2 Å². The molecule has 5 nitrogen and oxygen atoms in total. The van der Waals surface area contributed by atoms with Gasteiger partial charge in [0.25, 0.3) is 0 Å². The third-order valence-corrected chi connectivity index (χ3v) is 1.84. The van der Waals surface area contributed by atoms with Crippen LogP contribution in [-0.2, 0) is 4.79 Å². The molecule has 0 fully saturated rings. The molecule has 16 heavy (non-hydrogen) atoms. The van der Waals surface area contributed by atoms with Gasteiger partial charge in [-0.2, -0.15) is 5.26 Å². The monoisotopic (exact) mass is 221 g/mol. The highest BCUT2D eigenvalue weighted by Gasteiger charge is 2.15. The van der Waals surface area contributed by atoms with Crippen LogP contribution in [0.15, 0.2) is 12.1 Å². The molecule has 0 radical (unpaired) electrons. The van der Waals surface area contributed by atoms with Gasteiger partial charge in [-0.15, -0.1) is 0 Å². The topological polar surface area (TPSA) is 68.6 Å². The number of benzene rings is 1. The number of hydrogen-bond donors (Lipinski definition) is 0. The van der Waals surface area contributed by atoms with Crippen LogP contribution in [0, 0.1) is 11.3 Å². The highest BCUT2D eigenvalue weighted by atomic mass is 16.6. The number of esters is 1. The summed E-state index contributed by atoms with van der Waals surface area (Å²) in [7, 11) is 2.84. The van der Waals surface area contributed by atoms with Crippen molar-refractivity contribution in [2.24, 2.45) is 0 Å². The second kappa shape index (κ2) is 5.03. The molecule has 5 heteroatoms. The average Bonchev–Trinajstić information content (AvgIpc) is 2.28. The molecule has 0 aromatic heterocycles. The molecule has 0 bridgehead atoms. The van der Waals surface area contributed by atoms with Crippen LogP contribution >= 0.6 is 0 Å². The molecule has 0 unspecified atom stereocenters. The fourth-order valence-corrected chi connectivity index (χ4v) is 1.19. The molecular formula is C11H11NO4. The van der Waals surface area contributed by atoms with Gasteiger partial charge in [0, 0.05) is 19.1 Å². The van der Waals surface area contributed by atoms with E-state index in [0.717, 1.165) is 0 Å². The average molecular weight is 221 g/mol. The number of nitriles is 1. The number of ether oxygens (including phenoxy) is 3. The molecule has 0 atom stereocenters. The second-order valence-corrected chi connectivity index (χ2v) is 2.92. The zero-order valence-corrected chi connectivity index (χ0v) is 9.23. The molecule has 0 saturated carbocycles. The summed E-state index contributed by atoms with van der Waals surface area (Å²) in [5.41, 5.74) is 0.365. The summed E-state index contributed by atoms with van der Waals surface area (Å²) in [4.78, 5) is 10.9. The third-order valence-electron chi connectivity index (χ3n) is 1.84. The maximum absolute atomic E-state index is 10.9. The summed E-state index contributed by atoms with van der Waals surface area (Å²) in [5, 5.41) is 8.78. The molecular weight excluding hydrogens is 210 g/mol. The molecule has 1 rings (SSSR count).